The van der Waals surface area contributed by atoms with Gasteiger partial charge in [0.1, 0.15) is 16.9 Å². The highest BCUT2D eigenvalue weighted by atomic mass is 35.5. The second kappa shape index (κ2) is 7.97. The Morgan fingerprint density at radius 1 is 1.04 bits per heavy atom. The zero-order valence-corrected chi connectivity index (χ0v) is 15.2. The number of aliphatic hydroxyl groups excluding tert-OH is 2. The van der Waals surface area contributed by atoms with Gasteiger partial charge in [0.15, 0.2) is 12.2 Å². The Bertz CT molecular complexity index is 881. The lowest BCUT2D eigenvalue weighted by molar-refractivity contribution is -0.249. The highest BCUT2D eigenvalue weighted by molar-refractivity contribution is 7.86. The van der Waals surface area contributed by atoms with Crippen molar-refractivity contribution in [2.24, 2.45) is 0 Å². The van der Waals surface area contributed by atoms with Crippen molar-refractivity contribution in [1.29, 1.82) is 0 Å². The molecule has 5 atom stereocenters. The fourth-order valence-corrected chi connectivity index (χ4v) is 3.43. The van der Waals surface area contributed by atoms with Gasteiger partial charge in [-0.3, -0.25) is 4.55 Å². The van der Waals surface area contributed by atoms with Crippen LogP contribution in [0.1, 0.15) is 0 Å². The van der Waals surface area contributed by atoms with Crippen LogP contribution in [-0.2, 0) is 14.9 Å². The summed E-state index contributed by atoms with van der Waals surface area (Å²) >= 11 is 5.95. The van der Waals surface area contributed by atoms with Crippen molar-refractivity contribution >= 4 is 21.7 Å². The van der Waals surface area contributed by atoms with Crippen LogP contribution < -0.4 is 9.47 Å². The summed E-state index contributed by atoms with van der Waals surface area (Å²) in [7, 11) is -4.86. The van der Waals surface area contributed by atoms with E-state index in [1.807, 2.05) is 0 Å². The first kappa shape index (κ1) is 19.8. The number of rotatable bonds is 5. The number of aliphatic hydroxyl groups is 2. The van der Waals surface area contributed by atoms with Crippen LogP contribution in [0.2, 0.25) is 5.02 Å². The van der Waals surface area contributed by atoms with Crippen molar-refractivity contribution in [3.63, 3.8) is 0 Å². The summed E-state index contributed by atoms with van der Waals surface area (Å²) in [4.78, 5) is 3.87. The average molecular weight is 418 g/mol. The predicted octanol–water partition coefficient (Wildman–Crippen LogP) is 0.853. The Balaban J connectivity index is 1.90. The molecule has 1 aromatic carbocycles. The van der Waals surface area contributed by atoms with Crippen LogP contribution in [0.25, 0.3) is 0 Å². The van der Waals surface area contributed by atoms with Crippen molar-refractivity contribution < 1.29 is 37.4 Å². The van der Waals surface area contributed by atoms with Gasteiger partial charge in [0, 0.05) is 6.20 Å². The van der Waals surface area contributed by atoms with Gasteiger partial charge in [0.2, 0.25) is 17.6 Å². The van der Waals surface area contributed by atoms with Crippen LogP contribution in [0.15, 0.2) is 48.7 Å². The molecule has 27 heavy (non-hydrogen) atoms. The number of benzene rings is 1. The maximum absolute atomic E-state index is 11.6. The summed E-state index contributed by atoms with van der Waals surface area (Å²) in [5.74, 6) is 0.123. The van der Waals surface area contributed by atoms with E-state index in [1.165, 1.54) is 18.3 Å². The van der Waals surface area contributed by atoms with Crippen molar-refractivity contribution in [2.45, 2.75) is 30.0 Å². The molecule has 0 saturated carbocycles. The Morgan fingerprint density at radius 3 is 2.37 bits per heavy atom. The van der Waals surface area contributed by atoms with E-state index in [4.69, 9.17) is 25.8 Å². The van der Waals surface area contributed by atoms with Crippen LogP contribution in [-0.4, -0.2) is 58.2 Å². The molecule has 0 aliphatic carbocycles. The highest BCUT2D eigenvalue weighted by Crippen LogP contribution is 2.31. The molecule has 1 saturated heterocycles. The lowest BCUT2D eigenvalue weighted by atomic mass is 10.0. The number of hydrogen-bond acceptors (Lipinski definition) is 8. The summed E-state index contributed by atoms with van der Waals surface area (Å²) in [5.41, 5.74) is -2.11. The Hall–Kier alpha value is -1.95. The quantitative estimate of drug-likeness (QED) is 0.605. The number of hydrogen-bond donors (Lipinski definition) is 3. The minimum Gasteiger partial charge on any atom is -0.467 e. The highest BCUT2D eigenvalue weighted by Gasteiger charge is 2.52. The lowest BCUT2D eigenvalue weighted by Gasteiger charge is -2.40. The van der Waals surface area contributed by atoms with Gasteiger partial charge in [-0.25, -0.2) is 4.98 Å². The number of pyridine rings is 1. The maximum atomic E-state index is 11.6. The number of para-hydroxylation sites is 1. The van der Waals surface area contributed by atoms with E-state index in [9.17, 15) is 23.2 Å². The lowest BCUT2D eigenvalue weighted by Crippen LogP contribution is -2.63. The van der Waals surface area contributed by atoms with Crippen LogP contribution in [0.5, 0.6) is 11.6 Å². The summed E-state index contributed by atoms with van der Waals surface area (Å²) < 4.78 is 48.5. The van der Waals surface area contributed by atoms with Gasteiger partial charge in [-0.15, -0.1) is 0 Å². The van der Waals surface area contributed by atoms with Gasteiger partial charge in [-0.1, -0.05) is 29.8 Å². The van der Waals surface area contributed by atoms with Gasteiger partial charge < -0.3 is 24.4 Å². The number of aromatic nitrogens is 1. The summed E-state index contributed by atoms with van der Waals surface area (Å²) in [6.45, 7) is 0. The standard InChI is InChI=1S/C16H16ClNO8S/c17-10-7-4-8-18-14(10)25-13-11(19)15(24-9-5-2-1-3-6-9)26-16(12(13)20)27(21,22)23/h1-8,11-13,15-16,19-20H,(H,21,22,23)/t11-,12+,13-,15-,16?/m0/s1. The van der Waals surface area contributed by atoms with Crippen LogP contribution >= 0.6 is 11.6 Å². The van der Waals surface area contributed by atoms with Crippen molar-refractivity contribution in [3.8, 4) is 11.6 Å². The Labute approximate surface area is 159 Å². The number of ether oxygens (including phenoxy) is 3. The minimum atomic E-state index is -4.86. The summed E-state index contributed by atoms with van der Waals surface area (Å²) in [5, 5.41) is 20.9. The van der Waals surface area contributed by atoms with E-state index < -0.39 is 40.2 Å². The van der Waals surface area contributed by atoms with Crippen LogP contribution in [0.4, 0.5) is 0 Å². The SMILES string of the molecule is O=S(=O)(O)C1O[C@H](Oc2ccccc2)[C@@H](O)[C@H](Oc2ncccc2Cl)[C@H]1O. The first-order valence-corrected chi connectivity index (χ1v) is 9.62. The van der Waals surface area contributed by atoms with Crippen molar-refractivity contribution in [1.82, 2.24) is 4.98 Å². The monoisotopic (exact) mass is 417 g/mol. The molecular weight excluding hydrogens is 402 g/mol. The first-order chi connectivity index (χ1) is 12.8. The molecule has 11 heteroatoms. The molecule has 1 unspecified atom stereocenters. The molecule has 0 radical (unpaired) electrons. The third kappa shape index (κ3) is 4.49. The van der Waals surface area contributed by atoms with E-state index in [0.717, 1.165) is 0 Å². The fraction of sp³-hybridized carbons (Fsp3) is 0.312. The molecule has 1 aliphatic heterocycles. The predicted molar refractivity (Wildman–Crippen MR) is 93.0 cm³/mol. The molecule has 2 heterocycles. The molecule has 3 N–H and O–H groups in total. The molecule has 1 fully saturated rings. The van der Waals surface area contributed by atoms with Gasteiger partial charge in [-0.05, 0) is 24.3 Å². The molecule has 1 aliphatic rings. The third-order valence-corrected chi connectivity index (χ3v) is 5.03. The number of nitrogens with zero attached hydrogens (tertiary/aromatic N) is 1. The zero-order valence-electron chi connectivity index (χ0n) is 13.6. The van der Waals surface area contributed by atoms with Gasteiger partial charge in [-0.2, -0.15) is 8.42 Å². The maximum Gasteiger partial charge on any atom is 0.295 e. The molecule has 146 valence electrons. The van der Waals surface area contributed by atoms with Gasteiger partial charge >= 0.3 is 0 Å². The molecule has 0 amide bonds. The van der Waals surface area contributed by atoms with Crippen molar-refractivity contribution in [2.75, 3.05) is 0 Å². The fourth-order valence-electron chi connectivity index (χ4n) is 2.51. The van der Waals surface area contributed by atoms with Gasteiger partial charge in [0.05, 0.1) is 0 Å². The van der Waals surface area contributed by atoms with E-state index >= 15 is 0 Å². The molecule has 9 nitrogen and oxygen atoms in total. The first-order valence-electron chi connectivity index (χ1n) is 7.74. The van der Waals surface area contributed by atoms with Crippen LogP contribution in [0, 0.1) is 0 Å². The van der Waals surface area contributed by atoms with Gasteiger partial charge in [0.25, 0.3) is 10.1 Å². The van der Waals surface area contributed by atoms with E-state index in [1.54, 1.807) is 30.3 Å². The van der Waals surface area contributed by atoms with E-state index in [2.05, 4.69) is 4.98 Å². The van der Waals surface area contributed by atoms with Crippen molar-refractivity contribution in [3.05, 3.63) is 53.7 Å². The molecule has 0 spiro atoms. The summed E-state index contributed by atoms with van der Waals surface area (Å²) in [6, 6.07) is 11.1. The average Bonchev–Trinajstić information content (AvgIpc) is 2.62. The Kier molecular flexibility index (Phi) is 5.84. The molecule has 2 aromatic rings. The summed E-state index contributed by atoms with van der Waals surface area (Å²) in [6.07, 6.45) is -5.33. The molecule has 3 rings (SSSR count). The largest absolute Gasteiger partial charge is 0.467 e. The topological polar surface area (TPSA) is 135 Å². The van der Waals surface area contributed by atoms with E-state index in [0.29, 0.717) is 0 Å². The minimum absolute atomic E-state index is 0.0762. The second-order valence-corrected chi connectivity index (χ2v) is 7.57. The Morgan fingerprint density at radius 2 is 1.74 bits per heavy atom. The van der Waals surface area contributed by atoms with Crippen LogP contribution in [0.3, 0.4) is 0 Å². The van der Waals surface area contributed by atoms with E-state index in [-0.39, 0.29) is 16.7 Å². The number of halogens is 1. The second-order valence-electron chi connectivity index (χ2n) is 5.67. The molecule has 1 aromatic heterocycles. The zero-order chi connectivity index (χ0) is 19.6. The smallest absolute Gasteiger partial charge is 0.295 e. The molecular formula is C16H16ClNO8S. The normalized spacial score (nSPS) is 28.5. The third-order valence-electron chi connectivity index (χ3n) is 3.76. The molecule has 0 bridgehead atoms.